The van der Waals surface area contributed by atoms with E-state index in [0.29, 0.717) is 12.1 Å². The first-order valence-electron chi connectivity index (χ1n) is 12.8. The number of nitrogens with zero attached hydrogens (tertiary/aromatic N) is 2. The fourth-order valence-corrected chi connectivity index (χ4v) is 9.00. The number of fused-ring (bicyclic) bond motifs is 1. The predicted molar refractivity (Wildman–Crippen MR) is 139 cm³/mol. The highest BCUT2D eigenvalue weighted by Gasteiger charge is 2.76. The molecule has 0 radical (unpaired) electrons. The van der Waals surface area contributed by atoms with Gasteiger partial charge in [-0.3, -0.25) is 14.4 Å². The van der Waals surface area contributed by atoms with Gasteiger partial charge in [-0.05, 0) is 56.9 Å². The fourth-order valence-electron chi connectivity index (χ4n) is 6.59. The van der Waals surface area contributed by atoms with E-state index in [4.69, 9.17) is 0 Å². The molecule has 3 saturated heterocycles. The number of aliphatic hydroxyl groups is 1. The molecule has 3 amide bonds. The van der Waals surface area contributed by atoms with Crippen molar-refractivity contribution in [1.82, 2.24) is 10.2 Å². The molecule has 1 aromatic rings. The number of carbonyl (C=O) groups excluding carboxylic acids is 3. The number of anilines is 2. The molecule has 1 aromatic carbocycles. The minimum atomic E-state index is -0.751. The summed E-state index contributed by atoms with van der Waals surface area (Å²) in [6.45, 7) is 9.78. The number of benzene rings is 1. The summed E-state index contributed by atoms with van der Waals surface area (Å²) in [7, 11) is 1.60. The molecule has 3 aliphatic heterocycles. The lowest BCUT2D eigenvalue weighted by Crippen LogP contribution is -2.57. The van der Waals surface area contributed by atoms with Gasteiger partial charge in [0.25, 0.3) is 0 Å². The lowest BCUT2D eigenvalue weighted by molar-refractivity contribution is -0.142. The second-order valence-corrected chi connectivity index (χ2v) is 11.4. The number of nitrogens with one attached hydrogen (secondary N) is 2. The van der Waals surface area contributed by atoms with Crippen molar-refractivity contribution in [2.75, 3.05) is 37.0 Å². The molecular formula is C26H38N4O4S. The summed E-state index contributed by atoms with van der Waals surface area (Å²) < 4.78 is -0.688. The van der Waals surface area contributed by atoms with E-state index in [1.165, 1.54) is 0 Å². The molecule has 0 saturated carbocycles. The third-order valence-electron chi connectivity index (χ3n) is 8.32. The van der Waals surface area contributed by atoms with Gasteiger partial charge in [-0.25, -0.2) is 0 Å². The van der Waals surface area contributed by atoms with Crippen LogP contribution < -0.4 is 15.5 Å². The largest absolute Gasteiger partial charge is 0.394 e. The number of aliphatic hydroxyl groups excluding tert-OH is 1. The Labute approximate surface area is 212 Å². The molecule has 8 nitrogen and oxygen atoms in total. The summed E-state index contributed by atoms with van der Waals surface area (Å²) in [6, 6.07) is 6.54. The highest BCUT2D eigenvalue weighted by molar-refractivity contribution is 8.02. The van der Waals surface area contributed by atoms with E-state index in [0.717, 1.165) is 25.2 Å². The molecule has 3 N–H and O–H groups in total. The summed E-state index contributed by atoms with van der Waals surface area (Å²) in [6.07, 6.45) is 1.32. The van der Waals surface area contributed by atoms with Gasteiger partial charge in [-0.15, -0.1) is 11.8 Å². The molecule has 192 valence electrons. The van der Waals surface area contributed by atoms with Crippen molar-refractivity contribution >= 4 is 40.9 Å². The van der Waals surface area contributed by atoms with E-state index in [1.807, 2.05) is 31.2 Å². The third-order valence-corrected chi connectivity index (χ3v) is 10.4. The maximum Gasteiger partial charge on any atom is 0.248 e. The van der Waals surface area contributed by atoms with Crippen LogP contribution in [0.3, 0.4) is 0 Å². The van der Waals surface area contributed by atoms with Crippen molar-refractivity contribution in [1.29, 1.82) is 0 Å². The number of likely N-dealkylation sites (tertiary alicyclic amines) is 1. The van der Waals surface area contributed by atoms with Crippen molar-refractivity contribution in [2.24, 2.45) is 17.8 Å². The topological polar surface area (TPSA) is 102 Å². The number of amides is 3. The van der Waals surface area contributed by atoms with Crippen molar-refractivity contribution in [2.45, 2.75) is 62.6 Å². The highest BCUT2D eigenvalue weighted by Crippen LogP contribution is 2.68. The molecule has 2 bridgehead atoms. The molecule has 3 aliphatic rings. The molecule has 3 heterocycles. The Bertz CT molecular complexity index is 965. The Morgan fingerprint density at radius 1 is 1.20 bits per heavy atom. The smallest absolute Gasteiger partial charge is 0.248 e. The standard InChI is InChI=1S/C26H38N4O4S/c1-6-17(14-31)30-22(24(33)28-16-9-11-18(12-10-16)29(7-2)8-3)26-15(4)13-19(35-26)20(23(32)27-5)21(26)25(30)34/h9-12,15,17,19-22,31H,6-8,13-14H2,1-5H3,(H,27,32)(H,28,33)/t15?,17-,19-,20+,21-,22?,26?/m0/s1. The van der Waals surface area contributed by atoms with Gasteiger partial charge in [0.2, 0.25) is 17.7 Å². The van der Waals surface area contributed by atoms with Gasteiger partial charge in [0.15, 0.2) is 0 Å². The lowest BCUT2D eigenvalue weighted by atomic mass is 9.66. The maximum atomic E-state index is 13.9. The molecule has 4 rings (SSSR count). The van der Waals surface area contributed by atoms with E-state index in [1.54, 1.807) is 23.7 Å². The van der Waals surface area contributed by atoms with Crippen LogP contribution in [0.1, 0.15) is 40.5 Å². The zero-order valence-electron chi connectivity index (χ0n) is 21.3. The molecule has 9 heteroatoms. The first-order chi connectivity index (χ1) is 16.8. The average molecular weight is 503 g/mol. The number of hydrogen-bond acceptors (Lipinski definition) is 6. The van der Waals surface area contributed by atoms with E-state index in [9.17, 15) is 19.5 Å². The molecule has 3 unspecified atom stereocenters. The predicted octanol–water partition coefficient (Wildman–Crippen LogP) is 2.33. The summed E-state index contributed by atoms with van der Waals surface area (Å²) >= 11 is 1.64. The van der Waals surface area contributed by atoms with E-state index in [2.05, 4.69) is 36.3 Å². The number of hydrogen-bond donors (Lipinski definition) is 3. The Morgan fingerprint density at radius 3 is 2.40 bits per heavy atom. The fraction of sp³-hybridized carbons (Fsp3) is 0.654. The summed E-state index contributed by atoms with van der Waals surface area (Å²) in [5.41, 5.74) is 1.76. The van der Waals surface area contributed by atoms with Crippen LogP contribution in [-0.4, -0.2) is 76.6 Å². The molecule has 0 aliphatic carbocycles. The molecular weight excluding hydrogens is 464 g/mol. The van der Waals surface area contributed by atoms with Crippen LogP contribution in [0, 0.1) is 17.8 Å². The maximum absolute atomic E-state index is 13.9. The highest BCUT2D eigenvalue weighted by atomic mass is 32.2. The minimum Gasteiger partial charge on any atom is -0.394 e. The molecule has 3 fully saturated rings. The van der Waals surface area contributed by atoms with Crippen molar-refractivity contribution in [3.05, 3.63) is 24.3 Å². The first kappa shape index (κ1) is 25.8. The van der Waals surface area contributed by atoms with Gasteiger partial charge >= 0.3 is 0 Å². The van der Waals surface area contributed by atoms with Gasteiger partial charge < -0.3 is 25.5 Å². The minimum absolute atomic E-state index is 0.0129. The Morgan fingerprint density at radius 2 is 1.86 bits per heavy atom. The summed E-state index contributed by atoms with van der Waals surface area (Å²) in [5, 5.41) is 15.9. The van der Waals surface area contributed by atoms with Crippen LogP contribution in [0.5, 0.6) is 0 Å². The van der Waals surface area contributed by atoms with Gasteiger partial charge in [0.1, 0.15) is 6.04 Å². The second-order valence-electron chi connectivity index (χ2n) is 9.87. The van der Waals surface area contributed by atoms with Crippen LogP contribution in [0.15, 0.2) is 24.3 Å². The molecule has 35 heavy (non-hydrogen) atoms. The van der Waals surface area contributed by atoms with Gasteiger partial charge in [0.05, 0.1) is 29.2 Å². The Balaban J connectivity index is 1.70. The average Bonchev–Trinajstić information content (AvgIpc) is 3.45. The summed E-state index contributed by atoms with van der Waals surface area (Å²) in [5.74, 6) is -1.51. The van der Waals surface area contributed by atoms with Crippen LogP contribution in [0.25, 0.3) is 0 Å². The van der Waals surface area contributed by atoms with Crippen LogP contribution >= 0.6 is 11.8 Å². The quantitative estimate of drug-likeness (QED) is 0.479. The zero-order chi connectivity index (χ0) is 25.5. The third kappa shape index (κ3) is 3.91. The van der Waals surface area contributed by atoms with Gasteiger partial charge in [-0.2, -0.15) is 0 Å². The number of carbonyl (C=O) groups is 3. The Hall–Kier alpha value is -2.26. The van der Waals surface area contributed by atoms with Crippen LogP contribution in [0.4, 0.5) is 11.4 Å². The second kappa shape index (κ2) is 10.0. The van der Waals surface area contributed by atoms with Crippen LogP contribution in [0.2, 0.25) is 0 Å². The molecule has 0 aromatic heterocycles. The van der Waals surface area contributed by atoms with Crippen LogP contribution in [-0.2, 0) is 14.4 Å². The lowest BCUT2D eigenvalue weighted by Gasteiger charge is -2.40. The van der Waals surface area contributed by atoms with E-state index >= 15 is 0 Å². The van der Waals surface area contributed by atoms with Crippen molar-refractivity contribution in [3.63, 3.8) is 0 Å². The monoisotopic (exact) mass is 502 g/mol. The zero-order valence-corrected chi connectivity index (χ0v) is 22.1. The van der Waals surface area contributed by atoms with Crippen molar-refractivity contribution < 1.29 is 19.5 Å². The summed E-state index contributed by atoms with van der Waals surface area (Å²) in [4.78, 5) is 44.5. The number of thioether (sulfide) groups is 1. The normalized spacial score (nSPS) is 31.9. The first-order valence-corrected chi connectivity index (χ1v) is 13.6. The number of rotatable bonds is 9. The van der Waals surface area contributed by atoms with Gasteiger partial charge in [-0.1, -0.05) is 13.8 Å². The van der Waals surface area contributed by atoms with Crippen molar-refractivity contribution in [3.8, 4) is 0 Å². The molecule has 1 spiro atoms. The SMILES string of the molecule is CC[C@@H](CO)N1C(=O)[C@@H]2[C@H](C(=O)NC)[C@@H]3CC(C)C2(S3)C1C(=O)Nc1ccc(N(CC)CC)cc1. The Kier molecular flexibility index (Phi) is 7.38. The van der Waals surface area contributed by atoms with E-state index in [-0.39, 0.29) is 35.5 Å². The van der Waals surface area contributed by atoms with E-state index < -0.39 is 28.7 Å². The molecule has 7 atom stereocenters. The van der Waals surface area contributed by atoms with Gasteiger partial charge in [0, 0.05) is 36.8 Å².